The molecule has 0 amide bonds. The molecule has 1 aliphatic heterocycles. The molecule has 2 nitrogen and oxygen atoms in total. The standard InChI is InChI=1S/C18H21NOS2/c1-2-4-17-11-19-18(22-17)15-6-8-16(9-7-15)20-12-14-5-3-10-21-13-14/h2,6-9,11,14H,1,3-5,10,12-13H2/t14-/m0/s1. The van der Waals surface area contributed by atoms with Crippen LogP contribution in [-0.4, -0.2) is 23.1 Å². The summed E-state index contributed by atoms with van der Waals surface area (Å²) >= 11 is 3.78. The van der Waals surface area contributed by atoms with E-state index in [1.54, 1.807) is 11.3 Å². The summed E-state index contributed by atoms with van der Waals surface area (Å²) in [6, 6.07) is 8.31. The van der Waals surface area contributed by atoms with Crippen LogP contribution in [0.4, 0.5) is 0 Å². The van der Waals surface area contributed by atoms with Gasteiger partial charge in [-0.05, 0) is 48.6 Å². The van der Waals surface area contributed by atoms with Crippen molar-refractivity contribution in [2.45, 2.75) is 19.3 Å². The molecule has 0 unspecified atom stereocenters. The van der Waals surface area contributed by atoms with Gasteiger partial charge in [-0.25, -0.2) is 4.98 Å². The number of allylic oxidation sites excluding steroid dienone is 1. The van der Waals surface area contributed by atoms with E-state index in [0.29, 0.717) is 5.92 Å². The first-order valence-corrected chi connectivity index (χ1v) is 9.69. The molecule has 0 N–H and O–H groups in total. The molecular weight excluding hydrogens is 310 g/mol. The van der Waals surface area contributed by atoms with E-state index in [9.17, 15) is 0 Å². The molecule has 0 aliphatic carbocycles. The van der Waals surface area contributed by atoms with Gasteiger partial charge in [-0.2, -0.15) is 11.8 Å². The van der Waals surface area contributed by atoms with Gasteiger partial charge in [0.1, 0.15) is 10.8 Å². The number of aromatic nitrogens is 1. The quantitative estimate of drug-likeness (QED) is 0.691. The Labute approximate surface area is 140 Å². The highest BCUT2D eigenvalue weighted by molar-refractivity contribution is 7.99. The third-order valence-electron chi connectivity index (χ3n) is 3.74. The van der Waals surface area contributed by atoms with Gasteiger partial charge in [0.05, 0.1) is 6.61 Å². The Hall–Kier alpha value is -1.26. The van der Waals surface area contributed by atoms with Gasteiger partial charge in [0.15, 0.2) is 0 Å². The van der Waals surface area contributed by atoms with Crippen LogP contribution in [0.2, 0.25) is 0 Å². The topological polar surface area (TPSA) is 22.1 Å². The third-order valence-corrected chi connectivity index (χ3v) is 6.09. The number of thiazole rings is 1. The monoisotopic (exact) mass is 331 g/mol. The van der Waals surface area contributed by atoms with Crippen molar-refractivity contribution >= 4 is 23.1 Å². The van der Waals surface area contributed by atoms with Gasteiger partial charge in [-0.15, -0.1) is 17.9 Å². The molecule has 4 heteroatoms. The van der Waals surface area contributed by atoms with Crippen LogP contribution in [0.5, 0.6) is 5.75 Å². The SMILES string of the molecule is C=CCc1cnc(-c2ccc(OC[C@@H]3CCCSC3)cc2)s1. The van der Waals surface area contributed by atoms with Gasteiger partial charge in [0, 0.05) is 29.0 Å². The van der Waals surface area contributed by atoms with Gasteiger partial charge in [0.2, 0.25) is 0 Å². The van der Waals surface area contributed by atoms with Crippen LogP contribution in [0.25, 0.3) is 10.6 Å². The van der Waals surface area contributed by atoms with Crippen LogP contribution in [0.1, 0.15) is 17.7 Å². The second kappa shape index (κ2) is 7.84. The van der Waals surface area contributed by atoms with E-state index in [2.05, 4.69) is 47.6 Å². The van der Waals surface area contributed by atoms with Crippen LogP contribution >= 0.6 is 23.1 Å². The number of hydrogen-bond acceptors (Lipinski definition) is 4. The minimum atomic E-state index is 0.707. The molecular formula is C18H21NOS2. The molecule has 1 saturated heterocycles. The van der Waals surface area contributed by atoms with Crippen LogP contribution in [0, 0.1) is 5.92 Å². The summed E-state index contributed by atoms with van der Waals surface area (Å²) in [5, 5.41) is 1.06. The van der Waals surface area contributed by atoms with Crippen LogP contribution < -0.4 is 4.74 Å². The summed E-state index contributed by atoms with van der Waals surface area (Å²) in [5.41, 5.74) is 1.15. The van der Waals surface area contributed by atoms with Gasteiger partial charge < -0.3 is 4.74 Å². The highest BCUT2D eigenvalue weighted by Crippen LogP contribution is 2.28. The number of rotatable bonds is 6. The lowest BCUT2D eigenvalue weighted by molar-refractivity contribution is 0.252. The number of benzene rings is 1. The Morgan fingerprint density at radius 1 is 1.32 bits per heavy atom. The van der Waals surface area contributed by atoms with E-state index >= 15 is 0 Å². The van der Waals surface area contributed by atoms with Gasteiger partial charge >= 0.3 is 0 Å². The van der Waals surface area contributed by atoms with Crippen molar-refractivity contribution in [1.29, 1.82) is 0 Å². The highest BCUT2D eigenvalue weighted by Gasteiger charge is 2.14. The average Bonchev–Trinajstić information content (AvgIpc) is 3.03. The van der Waals surface area contributed by atoms with E-state index in [1.807, 2.05) is 12.3 Å². The van der Waals surface area contributed by atoms with Crippen molar-refractivity contribution < 1.29 is 4.74 Å². The smallest absolute Gasteiger partial charge is 0.123 e. The summed E-state index contributed by atoms with van der Waals surface area (Å²) in [7, 11) is 0. The van der Waals surface area contributed by atoms with E-state index in [-0.39, 0.29) is 0 Å². The summed E-state index contributed by atoms with van der Waals surface area (Å²) in [5.74, 6) is 4.22. The summed E-state index contributed by atoms with van der Waals surface area (Å²) < 4.78 is 5.94. The molecule has 1 aliphatic rings. The molecule has 0 radical (unpaired) electrons. The molecule has 116 valence electrons. The molecule has 2 heterocycles. The Morgan fingerprint density at radius 2 is 2.18 bits per heavy atom. The minimum absolute atomic E-state index is 0.707. The predicted octanol–water partition coefficient (Wildman–Crippen LogP) is 5.06. The minimum Gasteiger partial charge on any atom is -0.493 e. The van der Waals surface area contributed by atoms with Crippen LogP contribution in [-0.2, 0) is 6.42 Å². The van der Waals surface area contributed by atoms with Crippen LogP contribution in [0.3, 0.4) is 0 Å². The second-order valence-electron chi connectivity index (χ2n) is 5.54. The van der Waals surface area contributed by atoms with E-state index in [4.69, 9.17) is 4.74 Å². The predicted molar refractivity (Wildman–Crippen MR) is 97.0 cm³/mol. The maximum atomic E-state index is 5.94. The highest BCUT2D eigenvalue weighted by atomic mass is 32.2. The lowest BCUT2D eigenvalue weighted by atomic mass is 10.1. The van der Waals surface area contributed by atoms with E-state index in [1.165, 1.54) is 29.2 Å². The van der Waals surface area contributed by atoms with Crippen molar-refractivity contribution in [2.75, 3.05) is 18.1 Å². The van der Waals surface area contributed by atoms with Gasteiger partial charge in [-0.1, -0.05) is 6.08 Å². The normalized spacial score (nSPS) is 18.1. The zero-order valence-electron chi connectivity index (χ0n) is 12.7. The molecule has 1 aromatic heterocycles. The van der Waals surface area contributed by atoms with E-state index in [0.717, 1.165) is 29.3 Å². The molecule has 1 atom stereocenters. The molecule has 1 aromatic carbocycles. The molecule has 0 saturated carbocycles. The first-order valence-electron chi connectivity index (χ1n) is 7.72. The largest absolute Gasteiger partial charge is 0.493 e. The van der Waals surface area contributed by atoms with Crippen molar-refractivity contribution in [1.82, 2.24) is 4.98 Å². The van der Waals surface area contributed by atoms with Crippen LogP contribution in [0.15, 0.2) is 43.1 Å². The van der Waals surface area contributed by atoms with Crippen molar-refractivity contribution in [2.24, 2.45) is 5.92 Å². The fourth-order valence-corrected chi connectivity index (χ4v) is 4.57. The Balaban J connectivity index is 1.58. The summed E-state index contributed by atoms with van der Waals surface area (Å²) in [6.07, 6.45) is 7.37. The fourth-order valence-electron chi connectivity index (χ4n) is 2.52. The first kappa shape index (κ1) is 15.6. The van der Waals surface area contributed by atoms with Gasteiger partial charge in [0.25, 0.3) is 0 Å². The maximum Gasteiger partial charge on any atom is 0.123 e. The summed E-state index contributed by atoms with van der Waals surface area (Å²) in [6.45, 7) is 4.61. The first-order chi connectivity index (χ1) is 10.8. The number of nitrogens with zero attached hydrogens (tertiary/aromatic N) is 1. The second-order valence-corrected chi connectivity index (χ2v) is 7.81. The van der Waals surface area contributed by atoms with E-state index < -0.39 is 0 Å². The lowest BCUT2D eigenvalue weighted by Gasteiger charge is -2.21. The maximum absolute atomic E-state index is 5.94. The molecule has 1 fully saturated rings. The molecule has 3 rings (SSSR count). The molecule has 0 spiro atoms. The molecule has 22 heavy (non-hydrogen) atoms. The van der Waals surface area contributed by atoms with Gasteiger partial charge in [-0.3, -0.25) is 0 Å². The zero-order valence-corrected chi connectivity index (χ0v) is 14.3. The Bertz CT molecular complexity index is 600. The number of thioether (sulfide) groups is 1. The third kappa shape index (κ3) is 4.14. The number of hydrogen-bond donors (Lipinski definition) is 0. The zero-order chi connectivity index (χ0) is 15.2. The van der Waals surface area contributed by atoms with Crippen molar-refractivity contribution in [3.63, 3.8) is 0 Å². The lowest BCUT2D eigenvalue weighted by Crippen LogP contribution is -2.18. The summed E-state index contributed by atoms with van der Waals surface area (Å²) in [4.78, 5) is 5.73. The number of ether oxygens (including phenoxy) is 1. The fraction of sp³-hybridized carbons (Fsp3) is 0.389. The van der Waals surface area contributed by atoms with Crippen molar-refractivity contribution in [3.8, 4) is 16.3 Å². The molecule has 2 aromatic rings. The molecule has 0 bridgehead atoms. The Kier molecular flexibility index (Phi) is 5.57. The van der Waals surface area contributed by atoms with Crippen molar-refractivity contribution in [3.05, 3.63) is 48.0 Å². The Morgan fingerprint density at radius 3 is 2.91 bits per heavy atom. The average molecular weight is 332 g/mol.